The number of anilines is 1. The Bertz CT molecular complexity index is 1880. The molecule has 0 aliphatic carbocycles. The molecule has 1 N–H and O–H groups in total. The summed E-state index contributed by atoms with van der Waals surface area (Å²) in [7, 11) is -3.61. The normalized spacial score (nSPS) is 17.9. The first-order valence-electron chi connectivity index (χ1n) is 15.1. The molecule has 5 aromatic rings. The number of hydrogen-bond donors (Lipinski definition) is 1. The smallest absolute Gasteiger partial charge is 0.256 e. The van der Waals surface area contributed by atoms with Gasteiger partial charge >= 0.3 is 0 Å². The number of sulfonamides is 1. The molecule has 7 nitrogen and oxygen atoms in total. The van der Waals surface area contributed by atoms with Crippen LogP contribution in [0.5, 0.6) is 0 Å². The Kier molecular flexibility index (Phi) is 8.11. The van der Waals surface area contributed by atoms with Crippen molar-refractivity contribution in [2.45, 2.75) is 56.6 Å². The fraction of sp³-hybridized carbons (Fsp3) is 0.294. The van der Waals surface area contributed by atoms with E-state index in [4.69, 9.17) is 4.98 Å². The molecule has 7 rings (SSSR count). The number of hydrogen-bond acceptors (Lipinski definition) is 7. The van der Waals surface area contributed by atoms with Crippen molar-refractivity contribution >= 4 is 53.8 Å². The van der Waals surface area contributed by atoms with Crippen molar-refractivity contribution < 1.29 is 13.2 Å². The molecular formula is C34H34N4O3S3. The highest BCUT2D eigenvalue weighted by atomic mass is 32.2. The van der Waals surface area contributed by atoms with Gasteiger partial charge in [0.1, 0.15) is 10.0 Å². The van der Waals surface area contributed by atoms with E-state index < -0.39 is 10.0 Å². The van der Waals surface area contributed by atoms with Crippen molar-refractivity contribution in [3.05, 3.63) is 100 Å². The van der Waals surface area contributed by atoms with E-state index >= 15 is 0 Å². The number of piperidine rings is 1. The first-order valence-corrected chi connectivity index (χ1v) is 18.1. The molecule has 1 saturated heterocycles. The second-order valence-electron chi connectivity index (χ2n) is 11.6. The van der Waals surface area contributed by atoms with E-state index in [0.29, 0.717) is 12.1 Å². The zero-order valence-corrected chi connectivity index (χ0v) is 27.0. The summed E-state index contributed by atoms with van der Waals surface area (Å²) in [6.07, 6.45) is 3.66. The van der Waals surface area contributed by atoms with Gasteiger partial charge in [-0.1, -0.05) is 48.9 Å². The monoisotopic (exact) mass is 642 g/mol. The van der Waals surface area contributed by atoms with Gasteiger partial charge in [0, 0.05) is 48.2 Å². The number of carbonyl (C=O) groups excluding carboxylic acids is 1. The minimum atomic E-state index is -3.61. The molecule has 10 heteroatoms. The van der Waals surface area contributed by atoms with Crippen LogP contribution in [-0.4, -0.2) is 47.6 Å². The lowest BCUT2D eigenvalue weighted by Crippen LogP contribution is -2.41. The summed E-state index contributed by atoms with van der Waals surface area (Å²) in [4.78, 5) is 22.5. The molecule has 1 fully saturated rings. The van der Waals surface area contributed by atoms with Gasteiger partial charge in [0.2, 0.25) is 10.0 Å². The van der Waals surface area contributed by atoms with Crippen molar-refractivity contribution in [1.82, 2.24) is 14.2 Å². The number of para-hydroxylation sites is 1. The molecule has 0 saturated carbocycles. The summed E-state index contributed by atoms with van der Waals surface area (Å²) in [5.41, 5.74) is 4.92. The van der Waals surface area contributed by atoms with E-state index in [1.165, 1.54) is 16.0 Å². The predicted molar refractivity (Wildman–Crippen MR) is 179 cm³/mol. The van der Waals surface area contributed by atoms with E-state index in [9.17, 15) is 13.2 Å². The molecule has 226 valence electrons. The minimum absolute atomic E-state index is 0.0221. The van der Waals surface area contributed by atoms with Crippen LogP contribution in [0, 0.1) is 0 Å². The van der Waals surface area contributed by atoms with E-state index in [1.807, 2.05) is 31.2 Å². The molecule has 2 aliphatic heterocycles. The standard InChI is InChI=1S/C34H34N4O3S3/c1-23-9-7-8-19-38(23)44(40,41)26-16-14-25(15-17-26)32(39)36-34-31(33-35-28-12-5-6-13-29(28)42-33)27-18-20-37(22-30(27)43-34)21-24-10-3-2-4-11-24/h2-6,10-17,23H,7-9,18-22H2,1H3,(H,36,39)/t23-/m0/s1. The van der Waals surface area contributed by atoms with Crippen LogP contribution in [0.1, 0.15) is 52.5 Å². The van der Waals surface area contributed by atoms with Crippen molar-refractivity contribution in [3.8, 4) is 10.6 Å². The molecule has 0 radical (unpaired) electrons. The lowest BCUT2D eigenvalue weighted by atomic mass is 10.0. The summed E-state index contributed by atoms with van der Waals surface area (Å²) in [5, 5.41) is 4.89. The predicted octanol–water partition coefficient (Wildman–Crippen LogP) is 7.40. The number of nitrogens with one attached hydrogen (secondary N) is 1. The van der Waals surface area contributed by atoms with Crippen molar-refractivity contribution in [2.24, 2.45) is 0 Å². The SMILES string of the molecule is C[C@H]1CCCCN1S(=O)(=O)c1ccc(C(=O)Nc2sc3c(c2-c2nc4ccccc4s2)CCN(Cc2ccccc2)C3)cc1. The number of thiophene rings is 1. The maximum Gasteiger partial charge on any atom is 0.256 e. The minimum Gasteiger partial charge on any atom is -0.313 e. The Labute approximate surface area is 266 Å². The summed E-state index contributed by atoms with van der Waals surface area (Å²) in [5.74, 6) is -0.262. The zero-order valence-electron chi connectivity index (χ0n) is 24.5. The number of thiazole rings is 1. The summed E-state index contributed by atoms with van der Waals surface area (Å²) < 4.78 is 29.3. The van der Waals surface area contributed by atoms with Gasteiger partial charge in [0.25, 0.3) is 5.91 Å². The van der Waals surface area contributed by atoms with Crippen molar-refractivity contribution in [1.29, 1.82) is 0 Å². The second-order valence-corrected chi connectivity index (χ2v) is 15.6. The Morgan fingerprint density at radius 3 is 2.50 bits per heavy atom. The third-order valence-electron chi connectivity index (χ3n) is 8.58. The van der Waals surface area contributed by atoms with E-state index in [0.717, 1.165) is 71.1 Å². The van der Waals surface area contributed by atoms with Crippen LogP contribution in [0.3, 0.4) is 0 Å². The lowest BCUT2D eigenvalue weighted by molar-refractivity contribution is 0.102. The van der Waals surface area contributed by atoms with Crippen LogP contribution in [0.2, 0.25) is 0 Å². The largest absolute Gasteiger partial charge is 0.313 e. The first kappa shape index (κ1) is 29.3. The number of aromatic nitrogens is 1. The first-order chi connectivity index (χ1) is 21.4. The van der Waals surface area contributed by atoms with Gasteiger partial charge in [-0.15, -0.1) is 22.7 Å². The molecule has 2 aliphatic rings. The highest BCUT2D eigenvalue weighted by Crippen LogP contribution is 2.46. The molecule has 0 spiro atoms. The molecule has 0 bridgehead atoms. The molecule has 44 heavy (non-hydrogen) atoms. The number of amides is 1. The average Bonchev–Trinajstić information content (AvgIpc) is 3.62. The average molecular weight is 643 g/mol. The Balaban J connectivity index is 1.17. The second kappa shape index (κ2) is 12.2. The Morgan fingerprint density at radius 2 is 1.73 bits per heavy atom. The van der Waals surface area contributed by atoms with Gasteiger partial charge in [-0.3, -0.25) is 9.69 Å². The van der Waals surface area contributed by atoms with Crippen LogP contribution < -0.4 is 5.32 Å². The van der Waals surface area contributed by atoms with Crippen molar-refractivity contribution in [3.63, 3.8) is 0 Å². The quantitative estimate of drug-likeness (QED) is 0.200. The number of fused-ring (bicyclic) bond motifs is 2. The van der Waals surface area contributed by atoms with Crippen LogP contribution in [0.15, 0.2) is 83.8 Å². The maximum absolute atomic E-state index is 13.6. The highest BCUT2D eigenvalue weighted by molar-refractivity contribution is 7.89. The molecule has 2 aromatic heterocycles. The van der Waals surface area contributed by atoms with E-state index in [2.05, 4.69) is 40.5 Å². The summed E-state index contributed by atoms with van der Waals surface area (Å²) in [6, 6.07) is 24.9. The Hall–Kier alpha value is -3.41. The van der Waals surface area contributed by atoms with Gasteiger partial charge in [-0.05, 0) is 73.7 Å². The highest BCUT2D eigenvalue weighted by Gasteiger charge is 2.31. The van der Waals surface area contributed by atoms with Crippen LogP contribution >= 0.6 is 22.7 Å². The van der Waals surface area contributed by atoms with Gasteiger partial charge in [0.05, 0.1) is 15.1 Å². The molecule has 1 atom stereocenters. The number of benzene rings is 3. The topological polar surface area (TPSA) is 82.6 Å². The molecule has 4 heterocycles. The third-order valence-corrected chi connectivity index (χ3v) is 12.8. The van der Waals surface area contributed by atoms with Crippen LogP contribution in [0.4, 0.5) is 5.00 Å². The Morgan fingerprint density at radius 1 is 0.955 bits per heavy atom. The fourth-order valence-corrected chi connectivity index (χ4v) is 10.3. The lowest BCUT2D eigenvalue weighted by Gasteiger charge is -2.32. The maximum atomic E-state index is 13.6. The summed E-state index contributed by atoms with van der Waals surface area (Å²) in [6.45, 7) is 5.11. The molecule has 1 amide bonds. The van der Waals surface area contributed by atoms with E-state index in [-0.39, 0.29) is 16.8 Å². The molecule has 3 aromatic carbocycles. The summed E-state index contributed by atoms with van der Waals surface area (Å²) >= 11 is 3.27. The fourth-order valence-electron chi connectivity index (χ4n) is 6.24. The van der Waals surface area contributed by atoms with Crippen LogP contribution in [-0.2, 0) is 29.5 Å². The zero-order chi connectivity index (χ0) is 30.3. The third kappa shape index (κ3) is 5.73. The van der Waals surface area contributed by atoms with E-state index in [1.54, 1.807) is 51.2 Å². The number of carbonyl (C=O) groups is 1. The number of rotatable bonds is 7. The van der Waals surface area contributed by atoms with Gasteiger partial charge in [-0.25, -0.2) is 13.4 Å². The van der Waals surface area contributed by atoms with Crippen molar-refractivity contribution in [2.75, 3.05) is 18.4 Å². The number of nitrogens with zero attached hydrogens (tertiary/aromatic N) is 3. The molecule has 0 unspecified atom stereocenters. The molecular weight excluding hydrogens is 609 g/mol. The van der Waals surface area contributed by atoms with Crippen LogP contribution in [0.25, 0.3) is 20.8 Å². The van der Waals surface area contributed by atoms with Gasteiger partial charge in [0.15, 0.2) is 0 Å². The van der Waals surface area contributed by atoms with Gasteiger partial charge < -0.3 is 5.32 Å². The van der Waals surface area contributed by atoms with Gasteiger partial charge in [-0.2, -0.15) is 4.31 Å².